The zero-order valence-electron chi connectivity index (χ0n) is 18.1. The van der Waals surface area contributed by atoms with Crippen LogP contribution in [0, 0.1) is 10.1 Å². The number of carbonyl (C=O) groups is 1. The number of ether oxygens (including phenoxy) is 1. The van der Waals surface area contributed by atoms with Crippen molar-refractivity contribution in [3.8, 4) is 0 Å². The van der Waals surface area contributed by atoms with E-state index in [0.29, 0.717) is 45.1 Å². The Morgan fingerprint density at radius 2 is 1.76 bits per heavy atom. The van der Waals surface area contributed by atoms with Gasteiger partial charge in [0.1, 0.15) is 5.69 Å². The molecule has 0 spiro atoms. The summed E-state index contributed by atoms with van der Waals surface area (Å²) in [5.41, 5.74) is 4.69. The number of nitro groups is 1. The Balaban J connectivity index is 0.00000306. The third-order valence-corrected chi connectivity index (χ3v) is 6.14. The summed E-state index contributed by atoms with van der Waals surface area (Å²) in [6.45, 7) is 5.87. The molecule has 2 aromatic carbocycles. The minimum Gasteiger partial charge on any atom is -0.378 e. The summed E-state index contributed by atoms with van der Waals surface area (Å²) in [6, 6.07) is 12.4. The summed E-state index contributed by atoms with van der Waals surface area (Å²) in [5.74, 6) is -0.346. The van der Waals surface area contributed by atoms with Gasteiger partial charge in [0.25, 0.3) is 11.6 Å². The number of benzene rings is 2. The van der Waals surface area contributed by atoms with Crippen molar-refractivity contribution in [3.63, 3.8) is 0 Å². The summed E-state index contributed by atoms with van der Waals surface area (Å²) in [7, 11) is 0. The molecule has 1 N–H and O–H groups in total. The molecule has 0 aromatic heterocycles. The average Bonchev–Trinajstić information content (AvgIpc) is 2.82. The van der Waals surface area contributed by atoms with Crippen molar-refractivity contribution in [1.29, 1.82) is 0 Å². The van der Waals surface area contributed by atoms with Crippen LogP contribution in [0.5, 0.6) is 0 Å². The first-order chi connectivity index (χ1) is 15.5. The molecule has 0 atom stereocenters. The second-order valence-electron chi connectivity index (χ2n) is 7.86. The highest BCUT2D eigenvalue weighted by atomic mass is 35.5. The molecule has 11 heteroatoms. The number of carbonyl (C=O) groups excluding carboxylic acids is 1. The van der Waals surface area contributed by atoms with Gasteiger partial charge < -0.3 is 9.64 Å². The number of nitro benzene ring substituents is 1. The lowest BCUT2D eigenvalue weighted by molar-refractivity contribution is -0.384. The van der Waals surface area contributed by atoms with E-state index in [0.717, 1.165) is 30.2 Å². The Bertz CT molecular complexity index is 979. The average molecular weight is 496 g/mol. The lowest BCUT2D eigenvalue weighted by atomic mass is 10.1. The summed E-state index contributed by atoms with van der Waals surface area (Å²) < 4.78 is 5.32. The number of morpholine rings is 1. The van der Waals surface area contributed by atoms with Crippen molar-refractivity contribution in [3.05, 3.63) is 68.7 Å². The Labute approximate surface area is 203 Å². The second-order valence-corrected chi connectivity index (χ2v) is 8.26. The fourth-order valence-corrected chi connectivity index (χ4v) is 4.17. The van der Waals surface area contributed by atoms with Gasteiger partial charge in [0.05, 0.1) is 18.1 Å². The molecule has 2 aromatic rings. The van der Waals surface area contributed by atoms with Crippen molar-refractivity contribution in [2.45, 2.75) is 6.54 Å². The molecule has 2 saturated heterocycles. The van der Waals surface area contributed by atoms with Gasteiger partial charge in [0.2, 0.25) is 0 Å². The summed E-state index contributed by atoms with van der Waals surface area (Å²) in [6.07, 6.45) is 0. The first kappa shape index (κ1) is 25.2. The summed E-state index contributed by atoms with van der Waals surface area (Å²) >= 11 is 6.25. The first-order valence-corrected chi connectivity index (χ1v) is 11.0. The molecular formula is C22H27Cl2N5O4. The van der Waals surface area contributed by atoms with Crippen LogP contribution < -0.4 is 10.3 Å². The monoisotopic (exact) mass is 495 g/mol. The predicted molar refractivity (Wildman–Crippen MR) is 129 cm³/mol. The van der Waals surface area contributed by atoms with Crippen LogP contribution in [-0.2, 0) is 11.3 Å². The highest BCUT2D eigenvalue weighted by molar-refractivity contribution is 6.31. The first-order valence-electron chi connectivity index (χ1n) is 10.6. The van der Waals surface area contributed by atoms with E-state index < -0.39 is 4.92 Å². The molecule has 2 fully saturated rings. The SMILES string of the molecule is Cl.O=C(NN1CCN(Cc2ccccc2Cl)CC1)c1ccc(N2CCOCC2)c([N+](=O)[O-])c1. The van der Waals surface area contributed by atoms with Crippen LogP contribution in [0.3, 0.4) is 0 Å². The minimum absolute atomic E-state index is 0. The van der Waals surface area contributed by atoms with E-state index in [1.165, 1.54) is 6.07 Å². The fourth-order valence-electron chi connectivity index (χ4n) is 3.98. The van der Waals surface area contributed by atoms with Gasteiger partial charge in [0.15, 0.2) is 0 Å². The molecule has 33 heavy (non-hydrogen) atoms. The maximum absolute atomic E-state index is 12.8. The molecule has 0 radical (unpaired) electrons. The van der Waals surface area contributed by atoms with Crippen molar-refractivity contribution >= 4 is 41.3 Å². The van der Waals surface area contributed by atoms with E-state index in [9.17, 15) is 14.9 Å². The molecule has 2 aliphatic rings. The molecule has 1 amide bonds. The molecule has 0 saturated carbocycles. The topological polar surface area (TPSA) is 91.2 Å². The number of piperazine rings is 1. The summed E-state index contributed by atoms with van der Waals surface area (Å²) in [5, 5.41) is 14.2. The van der Waals surface area contributed by atoms with Crippen LogP contribution in [0.4, 0.5) is 11.4 Å². The molecule has 0 aliphatic carbocycles. The molecule has 2 aliphatic heterocycles. The highest BCUT2D eigenvalue weighted by Crippen LogP contribution is 2.30. The quantitative estimate of drug-likeness (QED) is 0.486. The molecule has 0 unspecified atom stereocenters. The standard InChI is InChI=1S/C22H26ClN5O4.ClH/c23-19-4-2-1-3-18(19)16-25-7-9-27(10-8-25)24-22(29)17-5-6-20(21(15-17)28(30)31)26-11-13-32-14-12-26;/h1-6,15H,7-14,16H2,(H,24,29);1H. The number of hydrogen-bond acceptors (Lipinski definition) is 7. The van der Waals surface area contributed by atoms with Gasteiger partial charge in [-0.25, -0.2) is 5.01 Å². The van der Waals surface area contributed by atoms with Crippen molar-refractivity contribution < 1.29 is 14.5 Å². The van der Waals surface area contributed by atoms with Gasteiger partial charge in [-0.15, -0.1) is 12.4 Å². The van der Waals surface area contributed by atoms with Crippen LogP contribution in [-0.4, -0.2) is 73.2 Å². The summed E-state index contributed by atoms with van der Waals surface area (Å²) in [4.78, 5) is 28.1. The van der Waals surface area contributed by atoms with Crippen molar-refractivity contribution in [1.82, 2.24) is 15.3 Å². The van der Waals surface area contributed by atoms with E-state index in [1.54, 1.807) is 12.1 Å². The molecule has 2 heterocycles. The van der Waals surface area contributed by atoms with Crippen LogP contribution in [0.25, 0.3) is 0 Å². The van der Waals surface area contributed by atoms with Gasteiger partial charge in [-0.2, -0.15) is 0 Å². The molecule has 0 bridgehead atoms. The number of amides is 1. The number of halogens is 2. The molecule has 178 valence electrons. The number of anilines is 1. The molecule has 9 nitrogen and oxygen atoms in total. The smallest absolute Gasteiger partial charge is 0.293 e. The predicted octanol–water partition coefficient (Wildman–Crippen LogP) is 2.97. The van der Waals surface area contributed by atoms with E-state index in [2.05, 4.69) is 10.3 Å². The van der Waals surface area contributed by atoms with Crippen LogP contribution in [0.1, 0.15) is 15.9 Å². The maximum Gasteiger partial charge on any atom is 0.293 e. The zero-order chi connectivity index (χ0) is 22.5. The third kappa shape index (κ3) is 6.33. The highest BCUT2D eigenvalue weighted by Gasteiger charge is 2.25. The van der Waals surface area contributed by atoms with Crippen LogP contribution in [0.15, 0.2) is 42.5 Å². The van der Waals surface area contributed by atoms with Crippen LogP contribution >= 0.6 is 24.0 Å². The van der Waals surface area contributed by atoms with Gasteiger partial charge in [-0.3, -0.25) is 25.2 Å². The van der Waals surface area contributed by atoms with Gasteiger partial charge in [0, 0.05) is 62.5 Å². The van der Waals surface area contributed by atoms with E-state index >= 15 is 0 Å². The number of nitrogens with one attached hydrogen (secondary N) is 1. The largest absolute Gasteiger partial charge is 0.378 e. The van der Waals surface area contributed by atoms with E-state index in [1.807, 2.05) is 34.2 Å². The number of hydrogen-bond donors (Lipinski definition) is 1. The second kappa shape index (κ2) is 11.6. The van der Waals surface area contributed by atoms with Crippen LogP contribution in [0.2, 0.25) is 5.02 Å². The van der Waals surface area contributed by atoms with Gasteiger partial charge in [-0.1, -0.05) is 29.8 Å². The third-order valence-electron chi connectivity index (χ3n) is 5.77. The lowest BCUT2D eigenvalue weighted by Gasteiger charge is -2.34. The minimum atomic E-state index is -0.435. The van der Waals surface area contributed by atoms with E-state index in [-0.39, 0.29) is 29.6 Å². The Hall–Kier alpha value is -2.43. The van der Waals surface area contributed by atoms with Crippen molar-refractivity contribution in [2.24, 2.45) is 0 Å². The number of nitrogens with zero attached hydrogens (tertiary/aromatic N) is 4. The Morgan fingerprint density at radius 1 is 1.06 bits per heavy atom. The number of rotatable bonds is 6. The molecular weight excluding hydrogens is 469 g/mol. The zero-order valence-corrected chi connectivity index (χ0v) is 19.7. The molecule has 4 rings (SSSR count). The lowest BCUT2D eigenvalue weighted by Crippen LogP contribution is -2.53. The van der Waals surface area contributed by atoms with Gasteiger partial charge >= 0.3 is 0 Å². The normalized spacial score (nSPS) is 17.3. The van der Waals surface area contributed by atoms with Gasteiger partial charge in [-0.05, 0) is 23.8 Å². The Kier molecular flexibility index (Phi) is 8.87. The van der Waals surface area contributed by atoms with Crippen molar-refractivity contribution in [2.75, 3.05) is 57.4 Å². The maximum atomic E-state index is 12.8. The fraction of sp³-hybridized carbons (Fsp3) is 0.409. The Morgan fingerprint density at radius 3 is 2.42 bits per heavy atom. The van der Waals surface area contributed by atoms with E-state index in [4.69, 9.17) is 16.3 Å². The number of hydrazine groups is 1.